The molecule has 0 aliphatic rings. The van der Waals surface area contributed by atoms with E-state index in [1.807, 2.05) is 30.5 Å². The van der Waals surface area contributed by atoms with Crippen molar-refractivity contribution in [2.45, 2.75) is 13.0 Å². The Morgan fingerprint density at radius 1 is 1.06 bits per heavy atom. The van der Waals surface area contributed by atoms with Crippen LogP contribution in [0.1, 0.15) is 16.7 Å². The lowest BCUT2D eigenvalue weighted by molar-refractivity contribution is -0.136. The van der Waals surface area contributed by atoms with Gasteiger partial charge in [0.25, 0.3) is 0 Å². The normalized spacial score (nSPS) is 11.3. The molecule has 4 aromatic rings. The van der Waals surface area contributed by atoms with Gasteiger partial charge in [-0.25, -0.2) is 0 Å². The van der Waals surface area contributed by atoms with E-state index in [0.717, 1.165) is 33.3 Å². The van der Waals surface area contributed by atoms with E-state index in [1.165, 1.54) is 0 Å². The molecule has 0 saturated carbocycles. The zero-order valence-corrected chi connectivity index (χ0v) is 17.9. The second kappa shape index (κ2) is 9.25. The van der Waals surface area contributed by atoms with Crippen LogP contribution in [-0.4, -0.2) is 21.9 Å². The topological polar surface area (TPSA) is 66.6 Å². The van der Waals surface area contributed by atoms with Gasteiger partial charge in [0.05, 0.1) is 18.3 Å². The third-order valence-electron chi connectivity index (χ3n) is 4.88. The van der Waals surface area contributed by atoms with Gasteiger partial charge in [0, 0.05) is 39.3 Å². The van der Waals surface area contributed by atoms with Crippen molar-refractivity contribution in [2.75, 3.05) is 5.43 Å². The standard InChI is InChI=1S/C24H19Cl2N3O2/c25-19-8-7-17(22(26)12-19)14-29-15-18(21-3-1-2-4-23(21)29)13-27-28-20-9-5-16(6-10-20)11-24(30)31/h1-10,12-13,15,28H,11,14H2,(H,30,31). The van der Waals surface area contributed by atoms with Gasteiger partial charge in [-0.2, -0.15) is 5.10 Å². The summed E-state index contributed by atoms with van der Waals surface area (Å²) in [5.41, 5.74) is 7.54. The Morgan fingerprint density at radius 3 is 2.58 bits per heavy atom. The van der Waals surface area contributed by atoms with E-state index in [-0.39, 0.29) is 6.42 Å². The number of hydrogen-bond donors (Lipinski definition) is 2. The van der Waals surface area contributed by atoms with Crippen LogP contribution in [0.15, 0.2) is 78.0 Å². The van der Waals surface area contributed by atoms with Gasteiger partial charge in [0.15, 0.2) is 0 Å². The number of rotatable bonds is 7. The SMILES string of the molecule is O=C(O)Cc1ccc(NN=Cc2cn(Cc3ccc(Cl)cc3Cl)c3ccccc23)cc1. The second-order valence-corrected chi connectivity index (χ2v) is 7.95. The second-order valence-electron chi connectivity index (χ2n) is 7.10. The Labute approximate surface area is 189 Å². The number of aromatic nitrogens is 1. The number of aliphatic carboxylic acids is 1. The molecule has 2 N–H and O–H groups in total. The van der Waals surface area contributed by atoms with Gasteiger partial charge >= 0.3 is 5.97 Å². The van der Waals surface area contributed by atoms with Crippen LogP contribution in [0.25, 0.3) is 10.9 Å². The summed E-state index contributed by atoms with van der Waals surface area (Å²) in [6.45, 7) is 0.614. The lowest BCUT2D eigenvalue weighted by Gasteiger charge is -2.08. The van der Waals surface area contributed by atoms with E-state index in [2.05, 4.69) is 27.2 Å². The Kier molecular flexibility index (Phi) is 6.26. The summed E-state index contributed by atoms with van der Waals surface area (Å²) in [6, 6.07) is 20.8. The van der Waals surface area contributed by atoms with Crippen molar-refractivity contribution >= 4 is 52.0 Å². The number of fused-ring (bicyclic) bond motifs is 1. The average molecular weight is 452 g/mol. The van der Waals surface area contributed by atoms with E-state index < -0.39 is 5.97 Å². The lowest BCUT2D eigenvalue weighted by atomic mass is 10.1. The highest BCUT2D eigenvalue weighted by Crippen LogP contribution is 2.25. The van der Waals surface area contributed by atoms with Crippen molar-refractivity contribution in [3.8, 4) is 0 Å². The van der Waals surface area contributed by atoms with E-state index in [1.54, 1.807) is 36.5 Å². The molecule has 1 heterocycles. The summed E-state index contributed by atoms with van der Waals surface area (Å²) in [5, 5.41) is 15.5. The molecule has 0 atom stereocenters. The van der Waals surface area contributed by atoms with Gasteiger partial charge in [-0.3, -0.25) is 10.2 Å². The first-order valence-electron chi connectivity index (χ1n) is 9.61. The zero-order valence-electron chi connectivity index (χ0n) is 16.4. The molecule has 0 saturated heterocycles. The smallest absolute Gasteiger partial charge is 0.307 e. The molecule has 31 heavy (non-hydrogen) atoms. The highest BCUT2D eigenvalue weighted by atomic mass is 35.5. The Balaban J connectivity index is 1.54. The highest BCUT2D eigenvalue weighted by molar-refractivity contribution is 6.35. The molecule has 0 radical (unpaired) electrons. The van der Waals surface area contributed by atoms with Crippen LogP contribution < -0.4 is 5.43 Å². The zero-order chi connectivity index (χ0) is 21.8. The Hall–Kier alpha value is -3.28. The summed E-state index contributed by atoms with van der Waals surface area (Å²) in [7, 11) is 0. The fourth-order valence-corrected chi connectivity index (χ4v) is 3.86. The number of para-hydroxylation sites is 1. The van der Waals surface area contributed by atoms with Crippen LogP contribution in [0, 0.1) is 0 Å². The highest BCUT2D eigenvalue weighted by Gasteiger charge is 2.09. The molecule has 4 rings (SSSR count). The molecule has 0 bridgehead atoms. The van der Waals surface area contributed by atoms with Crippen molar-refractivity contribution in [3.63, 3.8) is 0 Å². The fourth-order valence-electron chi connectivity index (χ4n) is 3.39. The number of carboxylic acids is 1. The van der Waals surface area contributed by atoms with Crippen LogP contribution in [0.5, 0.6) is 0 Å². The minimum absolute atomic E-state index is 0.000683. The first-order chi connectivity index (χ1) is 15.0. The molecule has 0 unspecified atom stereocenters. The van der Waals surface area contributed by atoms with Crippen LogP contribution in [0.3, 0.4) is 0 Å². The number of hydrogen-bond acceptors (Lipinski definition) is 3. The molecular formula is C24H19Cl2N3O2. The Bertz CT molecular complexity index is 1260. The number of carbonyl (C=O) groups is 1. The molecule has 3 aromatic carbocycles. The maximum absolute atomic E-state index is 10.8. The molecule has 1 aromatic heterocycles. The van der Waals surface area contributed by atoms with E-state index in [0.29, 0.717) is 16.6 Å². The fraction of sp³-hybridized carbons (Fsp3) is 0.0833. The number of halogens is 2. The van der Waals surface area contributed by atoms with E-state index in [4.69, 9.17) is 28.3 Å². The van der Waals surface area contributed by atoms with E-state index >= 15 is 0 Å². The summed E-state index contributed by atoms with van der Waals surface area (Å²) >= 11 is 12.4. The van der Waals surface area contributed by atoms with Gasteiger partial charge in [-0.15, -0.1) is 0 Å². The van der Waals surface area contributed by atoms with Gasteiger partial charge in [0.1, 0.15) is 0 Å². The Morgan fingerprint density at radius 2 is 1.84 bits per heavy atom. The van der Waals surface area contributed by atoms with Crippen LogP contribution in [-0.2, 0) is 17.8 Å². The number of benzene rings is 3. The quantitative estimate of drug-likeness (QED) is 0.264. The summed E-state index contributed by atoms with van der Waals surface area (Å²) in [5.74, 6) is -0.852. The molecule has 5 nitrogen and oxygen atoms in total. The van der Waals surface area contributed by atoms with Gasteiger partial charge < -0.3 is 9.67 Å². The number of hydrazone groups is 1. The first kappa shape index (κ1) is 21.0. The number of carboxylic acid groups (broad SMARTS) is 1. The summed E-state index contributed by atoms with van der Waals surface area (Å²) < 4.78 is 2.13. The predicted octanol–water partition coefficient (Wildman–Crippen LogP) is 6.07. The van der Waals surface area contributed by atoms with Gasteiger partial charge in [-0.05, 0) is 41.5 Å². The van der Waals surface area contributed by atoms with Crippen molar-refractivity contribution in [2.24, 2.45) is 5.10 Å². The average Bonchev–Trinajstić information content (AvgIpc) is 3.09. The number of nitrogens with zero attached hydrogens (tertiary/aromatic N) is 2. The molecule has 0 aliphatic carbocycles. The minimum atomic E-state index is -0.852. The molecule has 0 aliphatic heterocycles. The van der Waals surface area contributed by atoms with Gasteiger partial charge in [0.2, 0.25) is 0 Å². The summed E-state index contributed by atoms with van der Waals surface area (Å²) in [6.07, 6.45) is 3.81. The van der Waals surface area contributed by atoms with Gasteiger partial charge in [-0.1, -0.05) is 59.6 Å². The molecule has 0 amide bonds. The molecule has 156 valence electrons. The largest absolute Gasteiger partial charge is 0.481 e. The first-order valence-corrected chi connectivity index (χ1v) is 10.4. The molecular weight excluding hydrogens is 433 g/mol. The van der Waals surface area contributed by atoms with Crippen molar-refractivity contribution in [3.05, 3.63) is 99.7 Å². The maximum Gasteiger partial charge on any atom is 0.307 e. The van der Waals surface area contributed by atoms with Crippen LogP contribution in [0.2, 0.25) is 10.0 Å². The third kappa shape index (κ3) is 5.08. The molecule has 0 spiro atoms. The predicted molar refractivity (Wildman–Crippen MR) is 127 cm³/mol. The third-order valence-corrected chi connectivity index (χ3v) is 5.47. The van der Waals surface area contributed by atoms with Crippen molar-refractivity contribution in [1.82, 2.24) is 4.57 Å². The number of nitrogens with one attached hydrogen (secondary N) is 1. The number of anilines is 1. The van der Waals surface area contributed by atoms with Crippen LogP contribution in [0.4, 0.5) is 5.69 Å². The monoisotopic (exact) mass is 451 g/mol. The minimum Gasteiger partial charge on any atom is -0.481 e. The van der Waals surface area contributed by atoms with E-state index in [9.17, 15) is 4.79 Å². The van der Waals surface area contributed by atoms with Crippen LogP contribution >= 0.6 is 23.2 Å². The maximum atomic E-state index is 10.8. The molecule has 7 heteroatoms. The summed E-state index contributed by atoms with van der Waals surface area (Å²) in [4.78, 5) is 10.8. The lowest BCUT2D eigenvalue weighted by Crippen LogP contribution is -2.00. The van der Waals surface area contributed by atoms with Crippen molar-refractivity contribution < 1.29 is 9.90 Å². The van der Waals surface area contributed by atoms with Crippen molar-refractivity contribution in [1.29, 1.82) is 0 Å². The molecule has 0 fully saturated rings.